The van der Waals surface area contributed by atoms with Crippen molar-refractivity contribution in [3.8, 4) is 0 Å². The number of methoxy groups -OCH3 is 1. The molecule has 0 saturated carbocycles. The smallest absolute Gasteiger partial charge is 0.337 e. The minimum Gasteiger partial charge on any atom is -0.465 e. The topological polar surface area (TPSA) is 87.3 Å². The molecule has 0 amide bonds. The first-order chi connectivity index (χ1) is 12.6. The largest absolute Gasteiger partial charge is 0.465 e. The Bertz CT molecular complexity index is 932. The molecule has 0 saturated heterocycles. The summed E-state index contributed by atoms with van der Waals surface area (Å²) in [5, 5.41) is 10.7. The van der Waals surface area contributed by atoms with Crippen LogP contribution in [0.1, 0.15) is 27.3 Å². The van der Waals surface area contributed by atoms with Crippen LogP contribution in [-0.4, -0.2) is 27.6 Å². The van der Waals surface area contributed by atoms with E-state index in [4.69, 9.17) is 4.74 Å². The lowest BCUT2D eigenvalue weighted by Gasteiger charge is -2.09. The van der Waals surface area contributed by atoms with Crippen LogP contribution in [0.25, 0.3) is 0 Å². The van der Waals surface area contributed by atoms with E-state index in [9.17, 15) is 14.9 Å². The fourth-order valence-electron chi connectivity index (χ4n) is 2.68. The van der Waals surface area contributed by atoms with Gasteiger partial charge in [-0.3, -0.25) is 10.1 Å². The lowest BCUT2D eigenvalue weighted by molar-refractivity contribution is -0.384. The van der Waals surface area contributed by atoms with Gasteiger partial charge in [-0.05, 0) is 23.3 Å². The number of aromatic nitrogens is 2. The van der Waals surface area contributed by atoms with Gasteiger partial charge in [-0.2, -0.15) is 0 Å². The first kappa shape index (κ1) is 17.3. The van der Waals surface area contributed by atoms with Crippen LogP contribution < -0.4 is 0 Å². The van der Waals surface area contributed by atoms with Gasteiger partial charge in [0.1, 0.15) is 5.82 Å². The van der Waals surface area contributed by atoms with Crippen molar-refractivity contribution < 1.29 is 14.5 Å². The van der Waals surface area contributed by atoms with E-state index in [1.165, 1.54) is 19.2 Å². The van der Waals surface area contributed by atoms with Gasteiger partial charge in [-0.25, -0.2) is 9.78 Å². The third-order valence-corrected chi connectivity index (χ3v) is 4.01. The summed E-state index contributed by atoms with van der Waals surface area (Å²) in [7, 11) is 1.35. The predicted molar refractivity (Wildman–Crippen MR) is 95.0 cm³/mol. The van der Waals surface area contributed by atoms with Gasteiger partial charge in [0.05, 0.1) is 17.6 Å². The van der Waals surface area contributed by atoms with E-state index in [0.717, 1.165) is 17.0 Å². The number of ether oxygens (including phenoxy) is 1. The highest BCUT2D eigenvalue weighted by atomic mass is 16.6. The van der Waals surface area contributed by atoms with Crippen molar-refractivity contribution in [1.82, 2.24) is 9.55 Å². The summed E-state index contributed by atoms with van der Waals surface area (Å²) in [6, 6.07) is 13.7. The number of nitro benzene ring substituents is 1. The molecule has 2 aromatic carbocycles. The number of carbonyl (C=O) groups excluding carboxylic acids is 1. The third kappa shape index (κ3) is 3.94. The van der Waals surface area contributed by atoms with Crippen LogP contribution in [0.15, 0.2) is 60.9 Å². The summed E-state index contributed by atoms with van der Waals surface area (Å²) >= 11 is 0. The monoisotopic (exact) mass is 351 g/mol. The lowest BCUT2D eigenvalue weighted by Crippen LogP contribution is -2.07. The summed E-state index contributed by atoms with van der Waals surface area (Å²) in [5.74, 6) is 0.464. The number of benzene rings is 2. The molecule has 26 heavy (non-hydrogen) atoms. The zero-order chi connectivity index (χ0) is 18.5. The van der Waals surface area contributed by atoms with E-state index >= 15 is 0 Å². The van der Waals surface area contributed by atoms with Crippen LogP contribution in [0.3, 0.4) is 0 Å². The SMILES string of the molecule is COC(=O)c1cccc(Cn2ccnc2Cc2ccc([N+](=O)[O-])cc2)c1. The average molecular weight is 351 g/mol. The van der Waals surface area contributed by atoms with Crippen molar-refractivity contribution in [3.05, 3.63) is 93.6 Å². The van der Waals surface area contributed by atoms with E-state index in [0.29, 0.717) is 18.5 Å². The summed E-state index contributed by atoms with van der Waals surface area (Å²) in [6.07, 6.45) is 4.14. The van der Waals surface area contributed by atoms with Crippen LogP contribution >= 0.6 is 0 Å². The molecule has 132 valence electrons. The Hall–Kier alpha value is -3.48. The second-order valence-corrected chi connectivity index (χ2v) is 5.76. The van der Waals surface area contributed by atoms with Gasteiger partial charge in [0.2, 0.25) is 0 Å². The molecular formula is C19H17N3O4. The lowest BCUT2D eigenvalue weighted by atomic mass is 10.1. The summed E-state index contributed by atoms with van der Waals surface area (Å²) in [4.78, 5) is 26.4. The molecule has 0 N–H and O–H groups in total. The first-order valence-corrected chi connectivity index (χ1v) is 7.97. The molecule has 7 nitrogen and oxygen atoms in total. The van der Waals surface area contributed by atoms with Crippen LogP contribution in [0, 0.1) is 10.1 Å². The highest BCUT2D eigenvalue weighted by molar-refractivity contribution is 5.89. The average Bonchev–Trinajstić information content (AvgIpc) is 3.08. The van der Waals surface area contributed by atoms with Crippen molar-refractivity contribution in [1.29, 1.82) is 0 Å². The second kappa shape index (κ2) is 7.60. The van der Waals surface area contributed by atoms with Gasteiger partial charge in [0.15, 0.2) is 0 Å². The van der Waals surface area contributed by atoms with Crippen LogP contribution in [0.4, 0.5) is 5.69 Å². The zero-order valence-corrected chi connectivity index (χ0v) is 14.2. The molecule has 0 bridgehead atoms. The molecule has 3 rings (SSSR count). The quantitative estimate of drug-likeness (QED) is 0.386. The number of nitro groups is 1. The first-order valence-electron chi connectivity index (χ1n) is 7.97. The number of esters is 1. The Balaban J connectivity index is 1.76. The maximum atomic E-state index is 11.7. The summed E-state index contributed by atoms with van der Waals surface area (Å²) < 4.78 is 6.73. The second-order valence-electron chi connectivity index (χ2n) is 5.76. The molecule has 0 aliphatic rings. The minimum atomic E-state index is -0.418. The molecule has 1 aromatic heterocycles. The molecule has 0 aliphatic heterocycles. The van der Waals surface area contributed by atoms with Crippen molar-refractivity contribution in [2.24, 2.45) is 0 Å². The maximum absolute atomic E-state index is 11.7. The molecule has 0 fully saturated rings. The van der Waals surface area contributed by atoms with Gasteiger partial charge < -0.3 is 9.30 Å². The van der Waals surface area contributed by atoms with E-state index in [1.54, 1.807) is 30.5 Å². The van der Waals surface area contributed by atoms with E-state index in [1.807, 2.05) is 22.9 Å². The summed E-state index contributed by atoms with van der Waals surface area (Å²) in [5.41, 5.74) is 2.46. The van der Waals surface area contributed by atoms with Crippen LogP contribution in [0.5, 0.6) is 0 Å². The van der Waals surface area contributed by atoms with Gasteiger partial charge in [0, 0.05) is 37.5 Å². The highest BCUT2D eigenvalue weighted by Gasteiger charge is 2.10. The minimum absolute atomic E-state index is 0.0664. The molecule has 0 aliphatic carbocycles. The molecule has 0 unspecified atom stereocenters. The number of nitrogens with zero attached hydrogens (tertiary/aromatic N) is 3. The molecule has 7 heteroatoms. The Morgan fingerprint density at radius 1 is 1.19 bits per heavy atom. The molecular weight excluding hydrogens is 334 g/mol. The normalized spacial score (nSPS) is 10.5. The molecule has 3 aromatic rings. The number of non-ortho nitro benzene ring substituents is 1. The van der Waals surface area contributed by atoms with E-state index < -0.39 is 4.92 Å². The standard InChI is InChI=1S/C19H17N3O4/c1-26-19(23)16-4-2-3-15(11-16)13-21-10-9-20-18(21)12-14-5-7-17(8-6-14)22(24)25/h2-11H,12-13H2,1H3. The Labute approximate surface area is 150 Å². The molecule has 0 atom stereocenters. The van der Waals surface area contributed by atoms with Crippen molar-refractivity contribution in [2.75, 3.05) is 7.11 Å². The zero-order valence-electron chi connectivity index (χ0n) is 14.2. The van der Waals surface area contributed by atoms with Gasteiger partial charge in [-0.15, -0.1) is 0 Å². The van der Waals surface area contributed by atoms with E-state index in [-0.39, 0.29) is 11.7 Å². The molecule has 0 spiro atoms. The number of carbonyl (C=O) groups is 1. The molecule has 0 radical (unpaired) electrons. The summed E-state index contributed by atoms with van der Waals surface area (Å²) in [6.45, 7) is 0.563. The van der Waals surface area contributed by atoms with Crippen molar-refractivity contribution >= 4 is 11.7 Å². The molecule has 1 heterocycles. The van der Waals surface area contributed by atoms with Crippen LogP contribution in [0.2, 0.25) is 0 Å². The Morgan fingerprint density at radius 2 is 1.96 bits per heavy atom. The maximum Gasteiger partial charge on any atom is 0.337 e. The van der Waals surface area contributed by atoms with E-state index in [2.05, 4.69) is 4.98 Å². The number of imidazole rings is 1. The number of hydrogen-bond acceptors (Lipinski definition) is 5. The fraction of sp³-hybridized carbons (Fsp3) is 0.158. The van der Waals surface area contributed by atoms with Crippen molar-refractivity contribution in [3.63, 3.8) is 0 Å². The predicted octanol–water partition coefficient (Wildman–Crippen LogP) is 3.22. The number of hydrogen-bond donors (Lipinski definition) is 0. The fourth-order valence-corrected chi connectivity index (χ4v) is 2.68. The van der Waals surface area contributed by atoms with Gasteiger partial charge >= 0.3 is 5.97 Å². The number of rotatable bonds is 6. The van der Waals surface area contributed by atoms with Crippen LogP contribution in [-0.2, 0) is 17.7 Å². The highest BCUT2D eigenvalue weighted by Crippen LogP contribution is 2.16. The third-order valence-electron chi connectivity index (χ3n) is 4.01. The van der Waals surface area contributed by atoms with Gasteiger partial charge in [0.25, 0.3) is 5.69 Å². The van der Waals surface area contributed by atoms with Gasteiger partial charge in [-0.1, -0.05) is 24.3 Å². The Morgan fingerprint density at radius 3 is 2.65 bits per heavy atom. The Kier molecular flexibility index (Phi) is 5.07. The van der Waals surface area contributed by atoms with Crippen molar-refractivity contribution in [2.45, 2.75) is 13.0 Å².